The van der Waals surface area contributed by atoms with E-state index in [-0.39, 0.29) is 18.3 Å². The molecule has 0 saturated heterocycles. The lowest BCUT2D eigenvalue weighted by atomic mass is 10.2. The lowest BCUT2D eigenvalue weighted by Gasteiger charge is -2.27. The minimum Gasteiger partial charge on any atom is -0.476 e. The van der Waals surface area contributed by atoms with E-state index in [4.69, 9.17) is 16.3 Å². The Morgan fingerprint density at radius 1 is 1.36 bits per heavy atom. The Bertz CT molecular complexity index is 690. The van der Waals surface area contributed by atoms with E-state index in [2.05, 4.69) is 20.2 Å². The van der Waals surface area contributed by atoms with E-state index in [9.17, 15) is 4.79 Å². The second kappa shape index (κ2) is 8.66. The number of alkyl halides is 1. The molecule has 0 atom stereocenters. The summed E-state index contributed by atoms with van der Waals surface area (Å²) in [6, 6.07) is 1.79. The predicted octanol–water partition coefficient (Wildman–Crippen LogP) is 2.07. The molecule has 1 N–H and O–H groups in total. The molecule has 0 radical (unpaired) electrons. The number of aromatic nitrogens is 4. The van der Waals surface area contributed by atoms with Gasteiger partial charge in [0.25, 0.3) is 0 Å². The van der Waals surface area contributed by atoms with Crippen LogP contribution in [0.25, 0.3) is 0 Å². The molecule has 0 aliphatic heterocycles. The number of aromatic amines is 1. The van der Waals surface area contributed by atoms with Gasteiger partial charge in [-0.3, -0.25) is 14.8 Å². The number of carbonyl (C=O) groups is 1. The summed E-state index contributed by atoms with van der Waals surface area (Å²) in [5.74, 6) is 0.801. The number of hydrogen-bond acceptors (Lipinski definition) is 6. The highest BCUT2D eigenvalue weighted by atomic mass is 35.5. The Morgan fingerprint density at radius 2 is 2.12 bits per heavy atom. The van der Waals surface area contributed by atoms with Crippen molar-refractivity contribution < 1.29 is 9.53 Å². The zero-order chi connectivity index (χ0) is 18.4. The van der Waals surface area contributed by atoms with E-state index < -0.39 is 0 Å². The van der Waals surface area contributed by atoms with Crippen molar-refractivity contribution in [3.05, 3.63) is 24.3 Å². The maximum absolute atomic E-state index is 12.5. The lowest BCUT2D eigenvalue weighted by molar-refractivity contribution is -0.116. The van der Waals surface area contributed by atoms with Crippen molar-refractivity contribution >= 4 is 29.0 Å². The maximum atomic E-state index is 12.5. The summed E-state index contributed by atoms with van der Waals surface area (Å²) in [5, 5.41) is 6.78. The highest BCUT2D eigenvalue weighted by Gasteiger charge is 2.26. The fraction of sp³-hybridized carbons (Fsp3) is 0.500. The van der Waals surface area contributed by atoms with Crippen molar-refractivity contribution in [2.24, 2.45) is 5.92 Å². The van der Waals surface area contributed by atoms with E-state index in [0.717, 1.165) is 5.69 Å². The Hall–Kier alpha value is -2.35. The summed E-state index contributed by atoms with van der Waals surface area (Å²) in [6.45, 7) is 4.82. The molecule has 0 aromatic carbocycles. The standard InChI is InChI=1S/C16H23ClN6O2/c1-11(2)9-25-16-14(15(22(3)4)18-10-19-16)23(13(24)7-17)8-12-5-6-20-21-12/h5-6,10-11H,7-9H2,1-4H3,(H,20,21). The number of nitrogens with zero attached hydrogens (tertiary/aromatic N) is 5. The van der Waals surface area contributed by atoms with Crippen LogP contribution in [0, 0.1) is 5.92 Å². The van der Waals surface area contributed by atoms with Gasteiger partial charge < -0.3 is 9.64 Å². The minimum absolute atomic E-state index is 0.167. The third kappa shape index (κ3) is 4.82. The molecule has 0 aliphatic rings. The van der Waals surface area contributed by atoms with Crippen LogP contribution in [0.15, 0.2) is 18.6 Å². The Morgan fingerprint density at radius 3 is 2.68 bits per heavy atom. The average Bonchev–Trinajstić information content (AvgIpc) is 3.10. The van der Waals surface area contributed by atoms with Gasteiger partial charge in [-0.1, -0.05) is 13.8 Å². The van der Waals surface area contributed by atoms with Gasteiger partial charge in [0.15, 0.2) is 11.5 Å². The van der Waals surface area contributed by atoms with Gasteiger partial charge in [-0.05, 0) is 12.0 Å². The third-order valence-electron chi connectivity index (χ3n) is 3.32. The molecule has 9 heteroatoms. The molecular weight excluding hydrogens is 344 g/mol. The van der Waals surface area contributed by atoms with Gasteiger partial charge in [0.05, 0.1) is 18.8 Å². The molecule has 2 rings (SSSR count). The molecular formula is C16H23ClN6O2. The number of carbonyl (C=O) groups excluding carboxylic acids is 1. The van der Waals surface area contributed by atoms with Gasteiger partial charge >= 0.3 is 0 Å². The van der Waals surface area contributed by atoms with Gasteiger partial charge in [0, 0.05) is 20.3 Å². The normalized spacial score (nSPS) is 10.8. The smallest absolute Gasteiger partial charge is 0.243 e. The summed E-state index contributed by atoms with van der Waals surface area (Å²) in [7, 11) is 3.69. The van der Waals surface area contributed by atoms with Crippen LogP contribution in [-0.4, -0.2) is 52.7 Å². The van der Waals surface area contributed by atoms with Crippen LogP contribution in [-0.2, 0) is 11.3 Å². The average molecular weight is 367 g/mol. The van der Waals surface area contributed by atoms with E-state index in [1.165, 1.54) is 11.2 Å². The summed E-state index contributed by atoms with van der Waals surface area (Å²) >= 11 is 5.84. The molecule has 1 amide bonds. The number of ether oxygens (including phenoxy) is 1. The molecule has 0 unspecified atom stereocenters. The van der Waals surface area contributed by atoms with E-state index in [1.54, 1.807) is 17.2 Å². The van der Waals surface area contributed by atoms with Gasteiger partial charge in [-0.2, -0.15) is 10.1 Å². The summed E-state index contributed by atoms with van der Waals surface area (Å²) < 4.78 is 5.84. The molecule has 0 aliphatic carbocycles. The Labute approximate surface area is 152 Å². The van der Waals surface area contributed by atoms with Crippen molar-refractivity contribution in [3.63, 3.8) is 0 Å². The van der Waals surface area contributed by atoms with Crippen LogP contribution in [0.2, 0.25) is 0 Å². The van der Waals surface area contributed by atoms with Crippen LogP contribution in [0.1, 0.15) is 19.5 Å². The minimum atomic E-state index is -0.274. The van der Waals surface area contributed by atoms with Gasteiger partial charge in [-0.15, -0.1) is 11.6 Å². The van der Waals surface area contributed by atoms with Crippen LogP contribution in [0.3, 0.4) is 0 Å². The molecule has 0 saturated carbocycles. The summed E-state index contributed by atoms with van der Waals surface area (Å²) in [5.41, 5.74) is 1.26. The summed E-state index contributed by atoms with van der Waals surface area (Å²) in [6.07, 6.45) is 3.05. The fourth-order valence-electron chi connectivity index (χ4n) is 2.18. The maximum Gasteiger partial charge on any atom is 0.243 e. The predicted molar refractivity (Wildman–Crippen MR) is 97.2 cm³/mol. The number of halogens is 1. The molecule has 2 aromatic rings. The molecule has 2 aromatic heterocycles. The van der Waals surface area contributed by atoms with E-state index in [0.29, 0.717) is 29.9 Å². The van der Waals surface area contributed by atoms with Crippen molar-refractivity contribution in [3.8, 4) is 5.88 Å². The number of anilines is 2. The molecule has 136 valence electrons. The first-order chi connectivity index (χ1) is 11.9. The zero-order valence-corrected chi connectivity index (χ0v) is 15.6. The SMILES string of the molecule is CC(C)COc1ncnc(N(C)C)c1N(Cc1ccn[nH]1)C(=O)CCl. The first-order valence-corrected chi connectivity index (χ1v) is 8.47. The topological polar surface area (TPSA) is 87.2 Å². The highest BCUT2D eigenvalue weighted by Crippen LogP contribution is 2.35. The van der Waals surface area contributed by atoms with E-state index in [1.807, 2.05) is 27.9 Å². The second-order valence-electron chi connectivity index (χ2n) is 6.15. The third-order valence-corrected chi connectivity index (χ3v) is 3.55. The number of rotatable bonds is 8. The Balaban J connectivity index is 2.50. The Kier molecular flexibility index (Phi) is 6.58. The first kappa shape index (κ1) is 19.0. The van der Waals surface area contributed by atoms with Crippen molar-refractivity contribution in [2.45, 2.75) is 20.4 Å². The van der Waals surface area contributed by atoms with Gasteiger partial charge in [0.2, 0.25) is 11.8 Å². The van der Waals surface area contributed by atoms with Crippen LogP contribution < -0.4 is 14.5 Å². The molecule has 0 fully saturated rings. The largest absolute Gasteiger partial charge is 0.476 e. The van der Waals surface area contributed by atoms with Crippen LogP contribution in [0.5, 0.6) is 5.88 Å². The zero-order valence-electron chi connectivity index (χ0n) is 14.9. The number of nitrogens with one attached hydrogen (secondary N) is 1. The highest BCUT2D eigenvalue weighted by molar-refractivity contribution is 6.29. The molecule has 2 heterocycles. The van der Waals surface area contributed by atoms with Crippen molar-refractivity contribution in [2.75, 3.05) is 36.4 Å². The molecule has 8 nitrogen and oxygen atoms in total. The summed E-state index contributed by atoms with van der Waals surface area (Å²) in [4.78, 5) is 24.4. The quantitative estimate of drug-likeness (QED) is 0.719. The molecule has 0 spiro atoms. The van der Waals surface area contributed by atoms with Crippen LogP contribution >= 0.6 is 11.6 Å². The fourth-order valence-corrected chi connectivity index (χ4v) is 2.32. The van der Waals surface area contributed by atoms with Crippen molar-refractivity contribution in [1.29, 1.82) is 0 Å². The first-order valence-electron chi connectivity index (χ1n) is 7.93. The van der Waals surface area contributed by atoms with Crippen molar-refractivity contribution in [1.82, 2.24) is 20.2 Å². The van der Waals surface area contributed by atoms with Gasteiger partial charge in [-0.25, -0.2) is 4.98 Å². The molecule has 25 heavy (non-hydrogen) atoms. The number of H-pyrrole nitrogens is 1. The monoisotopic (exact) mass is 366 g/mol. The van der Waals surface area contributed by atoms with Gasteiger partial charge in [0.1, 0.15) is 12.2 Å². The second-order valence-corrected chi connectivity index (χ2v) is 6.41. The lowest BCUT2D eigenvalue weighted by Crippen LogP contribution is -2.34. The van der Waals surface area contributed by atoms with Crippen LogP contribution in [0.4, 0.5) is 11.5 Å². The number of amides is 1. The number of hydrogen-bond donors (Lipinski definition) is 1. The van der Waals surface area contributed by atoms with E-state index >= 15 is 0 Å². The molecule has 0 bridgehead atoms.